The van der Waals surface area contributed by atoms with E-state index >= 15 is 0 Å². The van der Waals surface area contributed by atoms with Gasteiger partial charge in [0, 0.05) is 25.1 Å². The van der Waals surface area contributed by atoms with Crippen molar-refractivity contribution in [1.82, 2.24) is 15.1 Å². The molecule has 1 N–H and O–H groups in total. The second-order valence-electron chi connectivity index (χ2n) is 6.29. The number of anilines is 1. The minimum Gasteiger partial charge on any atom is -0.356 e. The van der Waals surface area contributed by atoms with Gasteiger partial charge in [-0.3, -0.25) is 0 Å². The highest BCUT2D eigenvalue weighted by Crippen LogP contribution is 2.21. The van der Waals surface area contributed by atoms with Gasteiger partial charge in [0.2, 0.25) is 5.13 Å². The predicted octanol–water partition coefficient (Wildman–Crippen LogP) is 4.08. The summed E-state index contributed by atoms with van der Waals surface area (Å²) >= 11 is 1.37. The Hall–Kier alpha value is -2.38. The maximum absolute atomic E-state index is 14.1. The molecule has 1 heterocycles. The lowest BCUT2D eigenvalue weighted by Crippen LogP contribution is -2.12. The lowest BCUT2D eigenvalue weighted by molar-refractivity contribution is 0.392. The van der Waals surface area contributed by atoms with Crippen LogP contribution in [0.4, 0.5) is 13.9 Å². The molecule has 0 aliphatic rings. The minimum atomic E-state index is -0.245. The van der Waals surface area contributed by atoms with Crippen molar-refractivity contribution in [3.05, 3.63) is 75.8 Å². The number of hydrogen-bond donors (Lipinski definition) is 1. The average molecular weight is 374 g/mol. The maximum Gasteiger partial charge on any atom is 0.205 e. The van der Waals surface area contributed by atoms with Crippen molar-refractivity contribution in [2.24, 2.45) is 0 Å². The predicted molar refractivity (Wildman–Crippen MR) is 100 cm³/mol. The highest BCUT2D eigenvalue weighted by molar-refractivity contribution is 7.15. The van der Waals surface area contributed by atoms with Crippen molar-refractivity contribution < 1.29 is 8.78 Å². The number of hydrogen-bond acceptors (Lipinski definition) is 5. The van der Waals surface area contributed by atoms with Crippen LogP contribution in [0, 0.1) is 11.6 Å². The molecule has 0 aliphatic carbocycles. The number of aromatic nitrogens is 2. The Balaban J connectivity index is 1.60. The van der Waals surface area contributed by atoms with Crippen molar-refractivity contribution in [1.29, 1.82) is 0 Å². The lowest BCUT2D eigenvalue weighted by Gasteiger charge is -2.11. The first-order valence-electron chi connectivity index (χ1n) is 8.23. The Morgan fingerprint density at radius 2 is 1.81 bits per heavy atom. The molecule has 3 rings (SSSR count). The molecule has 0 spiro atoms. The smallest absolute Gasteiger partial charge is 0.205 e. The van der Waals surface area contributed by atoms with Crippen LogP contribution in [0.1, 0.15) is 21.7 Å². The minimum absolute atomic E-state index is 0.212. The first-order chi connectivity index (χ1) is 12.5. The first-order valence-corrected chi connectivity index (χ1v) is 9.04. The highest BCUT2D eigenvalue weighted by atomic mass is 32.1. The van der Waals surface area contributed by atoms with Crippen LogP contribution >= 0.6 is 11.3 Å². The average Bonchev–Trinajstić information content (AvgIpc) is 3.04. The third-order valence-electron chi connectivity index (χ3n) is 3.81. The van der Waals surface area contributed by atoms with Crippen molar-refractivity contribution in [2.75, 3.05) is 19.4 Å². The Bertz CT molecular complexity index is 879. The molecule has 0 radical (unpaired) electrons. The van der Waals surface area contributed by atoms with Gasteiger partial charge in [0.1, 0.15) is 16.6 Å². The van der Waals surface area contributed by atoms with Gasteiger partial charge in [-0.05, 0) is 37.4 Å². The second-order valence-corrected chi connectivity index (χ2v) is 7.35. The van der Waals surface area contributed by atoms with Crippen LogP contribution in [0.2, 0.25) is 0 Å². The summed E-state index contributed by atoms with van der Waals surface area (Å²) in [7, 11) is 3.81. The summed E-state index contributed by atoms with van der Waals surface area (Å²) in [5.74, 6) is -0.457. The van der Waals surface area contributed by atoms with Gasteiger partial charge >= 0.3 is 0 Å². The van der Waals surface area contributed by atoms with Gasteiger partial charge in [0.15, 0.2) is 0 Å². The summed E-state index contributed by atoms with van der Waals surface area (Å²) in [4.78, 5) is 1.93. The monoisotopic (exact) mass is 374 g/mol. The molecule has 4 nitrogen and oxygen atoms in total. The second kappa shape index (κ2) is 8.33. The fourth-order valence-electron chi connectivity index (χ4n) is 2.55. The van der Waals surface area contributed by atoms with Crippen LogP contribution in [-0.4, -0.2) is 29.2 Å². The van der Waals surface area contributed by atoms with Gasteiger partial charge in [-0.25, -0.2) is 8.78 Å². The molecular formula is C19H20F2N4S. The van der Waals surface area contributed by atoms with E-state index in [1.54, 1.807) is 24.3 Å². The molecule has 0 amide bonds. The van der Waals surface area contributed by atoms with Gasteiger partial charge in [-0.2, -0.15) is 0 Å². The van der Waals surface area contributed by atoms with E-state index in [0.717, 1.165) is 10.6 Å². The number of halogens is 2. The van der Waals surface area contributed by atoms with E-state index in [0.29, 0.717) is 35.8 Å². The zero-order valence-electron chi connectivity index (χ0n) is 14.7. The van der Waals surface area contributed by atoms with Crippen LogP contribution in [0.5, 0.6) is 0 Å². The Labute approximate surface area is 155 Å². The Morgan fingerprint density at radius 1 is 1.00 bits per heavy atom. The third kappa shape index (κ3) is 4.83. The van der Waals surface area contributed by atoms with Gasteiger partial charge in [0.25, 0.3) is 0 Å². The lowest BCUT2D eigenvalue weighted by atomic mass is 10.1. The van der Waals surface area contributed by atoms with Crippen LogP contribution in [-0.2, 0) is 19.5 Å². The Morgan fingerprint density at radius 3 is 2.54 bits per heavy atom. The molecule has 0 aliphatic heterocycles. The molecule has 0 bridgehead atoms. The third-order valence-corrected chi connectivity index (χ3v) is 4.70. The molecule has 1 aromatic heterocycles. The van der Waals surface area contributed by atoms with E-state index in [4.69, 9.17) is 0 Å². The van der Waals surface area contributed by atoms with Crippen molar-refractivity contribution in [3.8, 4) is 0 Å². The zero-order valence-corrected chi connectivity index (χ0v) is 15.5. The molecule has 0 saturated carbocycles. The van der Waals surface area contributed by atoms with E-state index in [1.165, 1.54) is 23.5 Å². The summed E-state index contributed by atoms with van der Waals surface area (Å²) in [6.45, 7) is 1.02. The van der Waals surface area contributed by atoms with E-state index < -0.39 is 0 Å². The molecule has 2 aromatic carbocycles. The molecule has 26 heavy (non-hydrogen) atoms. The molecule has 0 fully saturated rings. The van der Waals surface area contributed by atoms with Crippen molar-refractivity contribution in [2.45, 2.75) is 19.5 Å². The topological polar surface area (TPSA) is 41.0 Å². The summed E-state index contributed by atoms with van der Waals surface area (Å²) in [6, 6.07) is 11.9. The maximum atomic E-state index is 14.1. The van der Waals surface area contributed by atoms with Crippen LogP contribution in [0.15, 0.2) is 42.5 Å². The van der Waals surface area contributed by atoms with Crippen molar-refractivity contribution in [3.63, 3.8) is 0 Å². The Kier molecular flexibility index (Phi) is 5.90. The number of nitrogens with zero attached hydrogens (tertiary/aromatic N) is 3. The van der Waals surface area contributed by atoms with E-state index in [1.807, 2.05) is 25.1 Å². The molecule has 3 aromatic rings. The molecule has 136 valence electrons. The van der Waals surface area contributed by atoms with Crippen LogP contribution in [0.25, 0.3) is 0 Å². The van der Waals surface area contributed by atoms with E-state index in [-0.39, 0.29) is 11.6 Å². The normalized spacial score (nSPS) is 11.1. The number of nitrogens with one attached hydrogen (secondary N) is 1. The zero-order chi connectivity index (χ0) is 18.5. The molecule has 0 unspecified atom stereocenters. The first kappa shape index (κ1) is 18.4. The summed E-state index contributed by atoms with van der Waals surface area (Å²) in [6.07, 6.45) is 0.403. The van der Waals surface area contributed by atoms with Gasteiger partial charge in [-0.1, -0.05) is 41.7 Å². The molecule has 0 saturated heterocycles. The standard InChI is InChI=1S/C19H20F2N4S/c1-25(2)12-15-8-7-13(9-17(15)21)11-22-19-24-23-18(26-19)10-14-5-3-4-6-16(14)20/h3-9H,10-12H2,1-2H3,(H,22,24). The van der Waals surface area contributed by atoms with Crippen LogP contribution in [0.3, 0.4) is 0 Å². The van der Waals surface area contributed by atoms with Gasteiger partial charge in [0.05, 0.1) is 0 Å². The quantitative estimate of drug-likeness (QED) is 0.677. The molecule has 0 atom stereocenters. The fraction of sp³-hybridized carbons (Fsp3) is 0.263. The summed E-state index contributed by atoms with van der Waals surface area (Å²) < 4.78 is 27.8. The van der Waals surface area contributed by atoms with Gasteiger partial charge < -0.3 is 10.2 Å². The fourth-order valence-corrected chi connectivity index (χ4v) is 3.31. The van der Waals surface area contributed by atoms with E-state index in [9.17, 15) is 8.78 Å². The van der Waals surface area contributed by atoms with Crippen LogP contribution < -0.4 is 5.32 Å². The summed E-state index contributed by atoms with van der Waals surface area (Å²) in [5, 5.41) is 12.7. The molecular weight excluding hydrogens is 354 g/mol. The SMILES string of the molecule is CN(C)Cc1ccc(CNc2nnc(Cc3ccccc3F)s2)cc1F. The number of benzene rings is 2. The molecule has 7 heteroatoms. The highest BCUT2D eigenvalue weighted by Gasteiger charge is 2.09. The van der Waals surface area contributed by atoms with E-state index in [2.05, 4.69) is 15.5 Å². The van der Waals surface area contributed by atoms with Crippen molar-refractivity contribution >= 4 is 16.5 Å². The van der Waals surface area contributed by atoms with Gasteiger partial charge in [-0.15, -0.1) is 10.2 Å². The number of rotatable bonds is 7. The summed E-state index contributed by atoms with van der Waals surface area (Å²) in [5.41, 5.74) is 2.09. The largest absolute Gasteiger partial charge is 0.356 e.